The maximum absolute atomic E-state index is 5.63. The maximum atomic E-state index is 5.63. The Kier molecular flexibility index (Phi) is 6.00. The predicted octanol–water partition coefficient (Wildman–Crippen LogP) is 4.84. The molecular weight excluding hydrogens is 402 g/mol. The van der Waals surface area contributed by atoms with Crippen molar-refractivity contribution in [3.05, 3.63) is 51.8 Å². The van der Waals surface area contributed by atoms with Crippen LogP contribution in [0, 0.1) is 5.92 Å². The summed E-state index contributed by atoms with van der Waals surface area (Å²) in [5.74, 6) is 0.629. The van der Waals surface area contributed by atoms with Crippen LogP contribution in [-0.2, 0) is 17.6 Å². The van der Waals surface area contributed by atoms with E-state index in [9.17, 15) is 0 Å². The molecule has 27 heavy (non-hydrogen) atoms. The largest absolute Gasteiger partial charge is 0.381 e. The first-order valence-electron chi connectivity index (χ1n) is 10.3. The molecule has 1 aromatic heterocycles. The number of hydrogen-bond donors (Lipinski definition) is 1. The smallest absolute Gasteiger partial charge is 0.0524 e. The molecule has 1 aromatic carbocycles. The van der Waals surface area contributed by atoms with E-state index in [4.69, 9.17) is 4.74 Å². The van der Waals surface area contributed by atoms with Crippen molar-refractivity contribution in [2.45, 2.75) is 64.1 Å². The molecule has 1 aliphatic carbocycles. The van der Waals surface area contributed by atoms with Crippen LogP contribution in [0.25, 0.3) is 0 Å². The first-order valence-corrected chi connectivity index (χ1v) is 11.1. The van der Waals surface area contributed by atoms with E-state index in [1.165, 1.54) is 23.2 Å². The minimum atomic E-state index is 0.383. The Morgan fingerprint density at radius 3 is 2.78 bits per heavy atom. The number of nitrogens with one attached hydrogen (secondary N) is 1. The molecule has 2 unspecified atom stereocenters. The molecule has 4 rings (SSSR count). The van der Waals surface area contributed by atoms with E-state index in [0.29, 0.717) is 24.0 Å². The Morgan fingerprint density at radius 1 is 1.22 bits per heavy atom. The average molecular weight is 432 g/mol. The summed E-state index contributed by atoms with van der Waals surface area (Å²) in [4.78, 5) is 0. The molecule has 1 aliphatic heterocycles. The van der Waals surface area contributed by atoms with Crippen molar-refractivity contribution in [3.63, 3.8) is 0 Å². The molecule has 146 valence electrons. The molecule has 2 heterocycles. The van der Waals surface area contributed by atoms with E-state index in [2.05, 4.69) is 75.3 Å². The fourth-order valence-corrected chi connectivity index (χ4v) is 5.03. The predicted molar refractivity (Wildman–Crippen MR) is 112 cm³/mol. The van der Waals surface area contributed by atoms with Gasteiger partial charge in [-0.25, -0.2) is 0 Å². The second-order valence-electron chi connectivity index (χ2n) is 8.24. The van der Waals surface area contributed by atoms with Gasteiger partial charge in [0.25, 0.3) is 0 Å². The summed E-state index contributed by atoms with van der Waals surface area (Å²) in [6, 6.07) is 10.1. The van der Waals surface area contributed by atoms with Crippen molar-refractivity contribution in [1.82, 2.24) is 15.1 Å². The summed E-state index contributed by atoms with van der Waals surface area (Å²) in [7, 11) is 0. The maximum Gasteiger partial charge on any atom is 0.0524 e. The van der Waals surface area contributed by atoms with Gasteiger partial charge in [0.2, 0.25) is 0 Å². The minimum Gasteiger partial charge on any atom is -0.381 e. The average Bonchev–Trinajstić information content (AvgIpc) is 3.10. The third-order valence-corrected chi connectivity index (χ3v) is 6.53. The minimum absolute atomic E-state index is 0.383. The second-order valence-corrected chi connectivity index (χ2v) is 9.16. The van der Waals surface area contributed by atoms with Gasteiger partial charge in [-0.3, -0.25) is 4.68 Å². The van der Waals surface area contributed by atoms with Crippen LogP contribution in [-0.4, -0.2) is 29.0 Å². The second kappa shape index (κ2) is 8.46. The van der Waals surface area contributed by atoms with Crippen molar-refractivity contribution in [2.24, 2.45) is 5.92 Å². The quantitative estimate of drug-likeness (QED) is 0.735. The highest BCUT2D eigenvalue weighted by molar-refractivity contribution is 9.10. The molecular formula is C22H30BrN3O. The standard InChI is InChI=1S/C22H30BrN3O/c1-15(2)26-21-13-20(7-6-18(21)14-24-26)25-22(16-8-10-27-11-9-16)17-4-3-5-19(23)12-17/h3-5,12,14-16,20,22,25H,6-11,13H2,1-2H3. The van der Waals surface area contributed by atoms with Crippen LogP contribution in [0.2, 0.25) is 0 Å². The Hall–Kier alpha value is -1.17. The van der Waals surface area contributed by atoms with Gasteiger partial charge >= 0.3 is 0 Å². The van der Waals surface area contributed by atoms with Gasteiger partial charge in [0.1, 0.15) is 0 Å². The number of aryl methyl sites for hydroxylation is 1. The first-order chi connectivity index (χ1) is 13.1. The van der Waals surface area contributed by atoms with E-state index in [0.717, 1.165) is 43.4 Å². The molecule has 0 bridgehead atoms. The Balaban J connectivity index is 1.55. The third-order valence-electron chi connectivity index (χ3n) is 6.04. The number of hydrogen-bond acceptors (Lipinski definition) is 3. The van der Waals surface area contributed by atoms with Crippen LogP contribution in [0.3, 0.4) is 0 Å². The lowest BCUT2D eigenvalue weighted by molar-refractivity contribution is 0.0514. The Labute approximate surface area is 170 Å². The van der Waals surface area contributed by atoms with Crippen LogP contribution in [0.1, 0.15) is 62.0 Å². The van der Waals surface area contributed by atoms with Crippen LogP contribution in [0.4, 0.5) is 0 Å². The van der Waals surface area contributed by atoms with Gasteiger partial charge in [-0.1, -0.05) is 28.1 Å². The van der Waals surface area contributed by atoms with Crippen molar-refractivity contribution < 1.29 is 4.74 Å². The summed E-state index contributed by atoms with van der Waals surface area (Å²) in [5, 5.41) is 8.69. The molecule has 2 aliphatic rings. The van der Waals surface area contributed by atoms with Crippen LogP contribution in [0.15, 0.2) is 34.9 Å². The van der Waals surface area contributed by atoms with Crippen LogP contribution < -0.4 is 5.32 Å². The van der Waals surface area contributed by atoms with E-state index in [1.807, 2.05) is 0 Å². The monoisotopic (exact) mass is 431 g/mol. The number of benzene rings is 1. The molecule has 0 amide bonds. The van der Waals surface area contributed by atoms with Crippen molar-refractivity contribution in [3.8, 4) is 0 Å². The zero-order valence-electron chi connectivity index (χ0n) is 16.3. The summed E-state index contributed by atoms with van der Waals surface area (Å²) in [5.41, 5.74) is 4.25. The number of aromatic nitrogens is 2. The van der Waals surface area contributed by atoms with Crippen molar-refractivity contribution >= 4 is 15.9 Å². The normalized spacial score (nSPS) is 22.0. The van der Waals surface area contributed by atoms with Gasteiger partial charge in [0, 0.05) is 47.9 Å². The van der Waals surface area contributed by atoms with Crippen LogP contribution in [0.5, 0.6) is 0 Å². The number of fused-ring (bicyclic) bond motifs is 1. The Morgan fingerprint density at radius 2 is 2.04 bits per heavy atom. The van der Waals surface area contributed by atoms with Gasteiger partial charge in [0.05, 0.1) is 6.20 Å². The molecule has 0 spiro atoms. The van der Waals surface area contributed by atoms with Crippen molar-refractivity contribution in [2.75, 3.05) is 13.2 Å². The van der Waals surface area contributed by atoms with E-state index >= 15 is 0 Å². The summed E-state index contributed by atoms with van der Waals surface area (Å²) in [6.45, 7) is 6.20. The highest BCUT2D eigenvalue weighted by Gasteiger charge is 2.30. The number of ether oxygens (including phenoxy) is 1. The third kappa shape index (κ3) is 4.30. The summed E-state index contributed by atoms with van der Waals surface area (Å²) >= 11 is 3.66. The SMILES string of the molecule is CC(C)n1ncc2c1CC(NC(c1cccc(Br)c1)C1CCOCC1)CC2. The molecule has 1 fully saturated rings. The lowest BCUT2D eigenvalue weighted by atomic mass is 9.85. The van der Waals surface area contributed by atoms with E-state index in [1.54, 1.807) is 0 Å². The molecule has 2 atom stereocenters. The molecule has 5 heteroatoms. The number of rotatable bonds is 5. The molecule has 2 aromatic rings. The Bertz CT molecular complexity index is 767. The lowest BCUT2D eigenvalue weighted by Crippen LogP contribution is -2.41. The fraction of sp³-hybridized carbons (Fsp3) is 0.591. The number of nitrogens with zero attached hydrogens (tertiary/aromatic N) is 2. The molecule has 1 N–H and O–H groups in total. The summed E-state index contributed by atoms with van der Waals surface area (Å²) in [6.07, 6.45) is 7.72. The molecule has 4 nitrogen and oxygen atoms in total. The van der Waals surface area contributed by atoms with Gasteiger partial charge in [-0.2, -0.15) is 5.10 Å². The van der Waals surface area contributed by atoms with Gasteiger partial charge < -0.3 is 10.1 Å². The highest BCUT2D eigenvalue weighted by Crippen LogP contribution is 2.33. The van der Waals surface area contributed by atoms with Gasteiger partial charge in [0.15, 0.2) is 0 Å². The van der Waals surface area contributed by atoms with E-state index < -0.39 is 0 Å². The van der Waals surface area contributed by atoms with Gasteiger partial charge in [-0.15, -0.1) is 0 Å². The topological polar surface area (TPSA) is 39.1 Å². The molecule has 0 radical (unpaired) electrons. The summed E-state index contributed by atoms with van der Waals surface area (Å²) < 4.78 is 9.00. The zero-order chi connectivity index (χ0) is 18.8. The van der Waals surface area contributed by atoms with Crippen molar-refractivity contribution in [1.29, 1.82) is 0 Å². The first kappa shape index (κ1) is 19.2. The van der Waals surface area contributed by atoms with Gasteiger partial charge in [-0.05, 0) is 68.7 Å². The van der Waals surface area contributed by atoms with E-state index in [-0.39, 0.29) is 0 Å². The fourth-order valence-electron chi connectivity index (χ4n) is 4.62. The molecule has 0 saturated carbocycles. The highest BCUT2D eigenvalue weighted by atomic mass is 79.9. The zero-order valence-corrected chi connectivity index (χ0v) is 17.9. The molecule has 1 saturated heterocycles. The number of halogens is 1. The lowest BCUT2D eigenvalue weighted by Gasteiger charge is -2.36. The van der Waals surface area contributed by atoms with Crippen LogP contribution >= 0.6 is 15.9 Å².